The number of allylic oxidation sites excluding steroid dienone is 4. The van der Waals surface area contributed by atoms with Gasteiger partial charge in [-0.1, -0.05) is 295 Å². The lowest BCUT2D eigenvalue weighted by molar-refractivity contribution is -0.167. The minimum absolute atomic E-state index is 0.0706. The summed E-state index contributed by atoms with van der Waals surface area (Å²) in [6.45, 7) is 6.58. The van der Waals surface area contributed by atoms with Crippen LogP contribution in [0.2, 0.25) is 0 Å². The zero-order valence-corrected chi connectivity index (χ0v) is 46.6. The Balaban J connectivity index is 3.94. The summed E-state index contributed by atoms with van der Waals surface area (Å²) in [5.74, 6) is -0.874. The summed E-state index contributed by atoms with van der Waals surface area (Å²) in [4.78, 5) is 37.8. The van der Waals surface area contributed by atoms with E-state index in [0.29, 0.717) is 19.3 Å². The van der Waals surface area contributed by atoms with E-state index in [1.54, 1.807) is 0 Å². The van der Waals surface area contributed by atoms with E-state index >= 15 is 0 Å². The largest absolute Gasteiger partial charge is 0.462 e. The first-order valence-electron chi connectivity index (χ1n) is 30.8. The predicted molar refractivity (Wildman–Crippen MR) is 298 cm³/mol. The van der Waals surface area contributed by atoms with Gasteiger partial charge in [0.2, 0.25) is 0 Å². The highest BCUT2D eigenvalue weighted by molar-refractivity contribution is 5.71. The van der Waals surface area contributed by atoms with Crippen LogP contribution in [0, 0.1) is 0 Å². The number of esters is 3. The predicted octanol–water partition coefficient (Wildman–Crippen LogP) is 20.7. The van der Waals surface area contributed by atoms with Crippen molar-refractivity contribution in [2.24, 2.45) is 0 Å². The van der Waals surface area contributed by atoms with Gasteiger partial charge >= 0.3 is 17.9 Å². The second kappa shape index (κ2) is 58.5. The molecule has 0 rings (SSSR count). The van der Waals surface area contributed by atoms with Crippen molar-refractivity contribution in [1.82, 2.24) is 0 Å². The lowest BCUT2D eigenvalue weighted by atomic mass is 10.0. The zero-order valence-electron chi connectivity index (χ0n) is 46.6. The molecular formula is C63H118O6. The fraction of sp³-hybridized carbons (Fsp3) is 0.889. The van der Waals surface area contributed by atoms with E-state index in [9.17, 15) is 14.4 Å². The van der Waals surface area contributed by atoms with Crippen molar-refractivity contribution < 1.29 is 28.6 Å². The normalized spacial score (nSPS) is 12.1. The molecule has 0 N–H and O–H groups in total. The summed E-state index contributed by atoms with van der Waals surface area (Å²) in [6, 6.07) is 0. The highest BCUT2D eigenvalue weighted by atomic mass is 16.6. The van der Waals surface area contributed by atoms with E-state index in [-0.39, 0.29) is 31.1 Å². The van der Waals surface area contributed by atoms with Crippen LogP contribution in [0.3, 0.4) is 0 Å². The van der Waals surface area contributed by atoms with Gasteiger partial charge < -0.3 is 14.2 Å². The summed E-state index contributed by atoms with van der Waals surface area (Å²) >= 11 is 0. The Bertz CT molecular complexity index is 1110. The molecule has 0 aliphatic heterocycles. The highest BCUT2D eigenvalue weighted by Gasteiger charge is 2.19. The van der Waals surface area contributed by atoms with E-state index < -0.39 is 6.10 Å². The second-order valence-corrected chi connectivity index (χ2v) is 21.0. The summed E-state index contributed by atoms with van der Waals surface area (Å²) in [6.07, 6.45) is 69.6. The fourth-order valence-electron chi connectivity index (χ4n) is 9.30. The van der Waals surface area contributed by atoms with E-state index in [1.165, 1.54) is 225 Å². The molecule has 0 heterocycles. The van der Waals surface area contributed by atoms with Gasteiger partial charge in [0, 0.05) is 19.3 Å². The highest BCUT2D eigenvalue weighted by Crippen LogP contribution is 2.18. The minimum Gasteiger partial charge on any atom is -0.462 e. The molecule has 0 aromatic heterocycles. The van der Waals surface area contributed by atoms with Crippen LogP contribution in [-0.2, 0) is 28.6 Å². The van der Waals surface area contributed by atoms with Gasteiger partial charge in [0.25, 0.3) is 0 Å². The van der Waals surface area contributed by atoms with Gasteiger partial charge in [-0.2, -0.15) is 0 Å². The first-order valence-corrected chi connectivity index (χ1v) is 30.8. The molecule has 0 fully saturated rings. The maximum absolute atomic E-state index is 12.8. The van der Waals surface area contributed by atoms with Gasteiger partial charge in [0.15, 0.2) is 6.10 Å². The Morgan fingerprint density at radius 3 is 0.826 bits per heavy atom. The molecule has 1 atom stereocenters. The van der Waals surface area contributed by atoms with Crippen LogP contribution >= 0.6 is 0 Å². The van der Waals surface area contributed by atoms with E-state index in [0.717, 1.165) is 77.0 Å². The Morgan fingerprint density at radius 2 is 0.522 bits per heavy atom. The second-order valence-electron chi connectivity index (χ2n) is 21.0. The van der Waals surface area contributed by atoms with Crippen molar-refractivity contribution in [3.63, 3.8) is 0 Å². The standard InChI is InChI=1S/C63H118O6/c1-4-7-10-13-15-17-19-21-23-25-26-27-28-29-30-31-32-33-34-35-36-38-39-41-43-45-47-50-53-56-62(65)68-59-60(58-67-61(64)55-52-49-12-9-6-3)69-63(66)57-54-51-48-46-44-42-40-37-24-22-20-18-16-14-11-8-5-2/h16,18,22,24,60H,4-15,17,19-21,23,25-59H2,1-3H3/b18-16-,24-22-. The molecule has 6 nitrogen and oxygen atoms in total. The lowest BCUT2D eigenvalue weighted by Crippen LogP contribution is -2.30. The molecule has 0 spiro atoms. The Hall–Kier alpha value is -2.11. The van der Waals surface area contributed by atoms with Crippen molar-refractivity contribution in [3.05, 3.63) is 24.3 Å². The number of carbonyl (C=O) groups is 3. The van der Waals surface area contributed by atoms with Crippen LogP contribution in [-0.4, -0.2) is 37.2 Å². The summed E-state index contributed by atoms with van der Waals surface area (Å²) in [5, 5.41) is 0. The lowest BCUT2D eigenvalue weighted by Gasteiger charge is -2.18. The third kappa shape index (κ3) is 56.7. The number of unbranched alkanes of at least 4 members (excludes halogenated alkanes) is 42. The van der Waals surface area contributed by atoms with Crippen molar-refractivity contribution in [2.75, 3.05) is 13.2 Å². The monoisotopic (exact) mass is 971 g/mol. The SMILES string of the molecule is CCCCC/C=C\C/C=C\CCCCCCCCCC(=O)OC(COC(=O)CCCCCCC)COC(=O)CCCCCCCCCCCCCCCCCCCCCCCCCCCCCCC. The number of carbonyl (C=O) groups excluding carboxylic acids is 3. The molecule has 0 saturated carbocycles. The zero-order chi connectivity index (χ0) is 50.0. The van der Waals surface area contributed by atoms with Gasteiger partial charge in [0.05, 0.1) is 0 Å². The van der Waals surface area contributed by atoms with Crippen molar-refractivity contribution >= 4 is 17.9 Å². The molecule has 0 aliphatic rings. The molecule has 0 amide bonds. The summed E-state index contributed by atoms with van der Waals surface area (Å²) in [7, 11) is 0. The van der Waals surface area contributed by atoms with Crippen LogP contribution < -0.4 is 0 Å². The minimum atomic E-state index is -0.769. The number of rotatable bonds is 57. The van der Waals surface area contributed by atoms with E-state index in [2.05, 4.69) is 45.1 Å². The quantitative estimate of drug-likeness (QED) is 0.0261. The van der Waals surface area contributed by atoms with Gasteiger partial charge in [-0.15, -0.1) is 0 Å². The summed E-state index contributed by atoms with van der Waals surface area (Å²) < 4.78 is 16.7. The number of hydrogen-bond donors (Lipinski definition) is 0. The summed E-state index contributed by atoms with van der Waals surface area (Å²) in [5.41, 5.74) is 0. The third-order valence-electron chi connectivity index (χ3n) is 14.0. The molecule has 0 aromatic rings. The van der Waals surface area contributed by atoms with Crippen LogP contribution in [0.5, 0.6) is 0 Å². The molecule has 1 unspecified atom stereocenters. The molecule has 0 bridgehead atoms. The first kappa shape index (κ1) is 66.9. The maximum atomic E-state index is 12.8. The number of hydrogen-bond acceptors (Lipinski definition) is 6. The van der Waals surface area contributed by atoms with Crippen LogP contribution in [0.25, 0.3) is 0 Å². The average Bonchev–Trinajstić information content (AvgIpc) is 3.35. The molecule has 0 radical (unpaired) electrons. The Kier molecular flexibility index (Phi) is 56.7. The van der Waals surface area contributed by atoms with Gasteiger partial charge in [-0.3, -0.25) is 14.4 Å². The van der Waals surface area contributed by atoms with E-state index in [1.807, 2.05) is 0 Å². The van der Waals surface area contributed by atoms with Crippen molar-refractivity contribution in [3.8, 4) is 0 Å². The molecule has 0 saturated heterocycles. The topological polar surface area (TPSA) is 78.9 Å². The van der Waals surface area contributed by atoms with Crippen molar-refractivity contribution in [1.29, 1.82) is 0 Å². The van der Waals surface area contributed by atoms with Gasteiger partial charge in [-0.05, 0) is 51.4 Å². The smallest absolute Gasteiger partial charge is 0.306 e. The number of ether oxygens (including phenoxy) is 3. The maximum Gasteiger partial charge on any atom is 0.306 e. The molecular weight excluding hydrogens is 853 g/mol. The van der Waals surface area contributed by atoms with Crippen LogP contribution in [0.1, 0.15) is 342 Å². The first-order chi connectivity index (χ1) is 34.0. The fourth-order valence-corrected chi connectivity index (χ4v) is 9.30. The Morgan fingerprint density at radius 1 is 0.290 bits per heavy atom. The van der Waals surface area contributed by atoms with Crippen molar-refractivity contribution in [2.45, 2.75) is 348 Å². The van der Waals surface area contributed by atoms with Crippen LogP contribution in [0.15, 0.2) is 24.3 Å². The third-order valence-corrected chi connectivity index (χ3v) is 14.0. The van der Waals surface area contributed by atoms with Crippen LogP contribution in [0.4, 0.5) is 0 Å². The average molecular weight is 972 g/mol. The molecule has 69 heavy (non-hydrogen) atoms. The molecule has 0 aromatic carbocycles. The molecule has 406 valence electrons. The Labute approximate surface area is 430 Å². The van der Waals surface area contributed by atoms with E-state index in [4.69, 9.17) is 14.2 Å². The van der Waals surface area contributed by atoms with Gasteiger partial charge in [-0.25, -0.2) is 0 Å². The molecule has 0 aliphatic carbocycles. The molecule has 6 heteroatoms. The van der Waals surface area contributed by atoms with Gasteiger partial charge in [0.1, 0.15) is 13.2 Å².